The topological polar surface area (TPSA) is 193 Å². The van der Waals surface area contributed by atoms with Crippen LogP contribution in [-0.2, 0) is 0 Å². The van der Waals surface area contributed by atoms with E-state index in [1.807, 2.05) is 155 Å². The predicted molar refractivity (Wildman–Crippen MR) is 526 cm³/mol. The standard InChI is InChI=1S/C36H25N3.C27H20N4.C26H19N5.C26H19N3/c1-24-37-35(29-20-16-27(17-21-29)33-14-6-10-25-8-2-4-12-31(25)33)39-36(38-24)30-22-18-28(19-23-30)34-15-7-11-26-9-3-5-13-32(26)34;1-19-29-26(23-13-9-21(10-14-23)20-6-3-2-4-7-20)31-27(30-19)24-15-11-22(12-16-24)25-8-5-17-28-18-25;1-18-29-25(23-6-2-19(3-7-23)21-10-14-27-15-11-21)31-26(30-18)24-8-4-20(5-9-24)22-12-16-28-17-13-22;1-18-27-25(21-9-3-2-4-10-21)29-26(28-18)22-16-14-20(15-17-22)24-13-7-11-19-8-5-6-12-23(19)24/h2-23H,1H3;2-18H,1H3;2-17H,1H3;2-17H,1H3. The van der Waals surface area contributed by atoms with Crippen molar-refractivity contribution in [1.29, 1.82) is 0 Å². The van der Waals surface area contributed by atoms with Gasteiger partial charge in [0.25, 0.3) is 0 Å². The second kappa shape index (κ2) is 38.4. The zero-order valence-corrected chi connectivity index (χ0v) is 71.7. The fourth-order valence-corrected chi connectivity index (χ4v) is 15.9. The first-order chi connectivity index (χ1) is 64.0. The molecule has 0 bridgehead atoms. The van der Waals surface area contributed by atoms with Crippen molar-refractivity contribution in [2.24, 2.45) is 0 Å². The molecule has 0 saturated heterocycles. The summed E-state index contributed by atoms with van der Waals surface area (Å²) in [7, 11) is 0. The molecule has 0 N–H and O–H groups in total. The molecule has 22 aromatic rings. The Morgan fingerprint density at radius 3 is 0.600 bits per heavy atom. The van der Waals surface area contributed by atoms with E-state index in [0.717, 1.165) is 77.9 Å². The Kier molecular flexibility index (Phi) is 24.3. The number of fused-ring (bicyclic) bond motifs is 3. The average molecular weight is 1680 g/mol. The van der Waals surface area contributed by atoms with Crippen LogP contribution in [0.3, 0.4) is 0 Å². The predicted octanol–water partition coefficient (Wildman–Crippen LogP) is 27.4. The summed E-state index contributed by atoms with van der Waals surface area (Å²) in [5.74, 6) is 8.25. The smallest absolute Gasteiger partial charge is 0.163 e. The second-order valence-corrected chi connectivity index (χ2v) is 31.2. The third kappa shape index (κ3) is 19.1. The van der Waals surface area contributed by atoms with Gasteiger partial charge in [-0.2, -0.15) is 0 Å². The number of rotatable bonds is 15. The highest BCUT2D eigenvalue weighted by molar-refractivity contribution is 5.99. The van der Waals surface area contributed by atoms with Crippen LogP contribution in [0.5, 0.6) is 0 Å². The fraction of sp³-hybridized carbons (Fsp3) is 0.0348. The molecule has 7 heterocycles. The Labute approximate surface area is 753 Å². The van der Waals surface area contributed by atoms with E-state index in [1.165, 1.54) is 76.8 Å². The number of hydrogen-bond acceptors (Lipinski definition) is 15. The Hall–Kier alpha value is -17.4. The second-order valence-electron chi connectivity index (χ2n) is 31.2. The van der Waals surface area contributed by atoms with Gasteiger partial charge in [0, 0.05) is 81.7 Å². The van der Waals surface area contributed by atoms with Gasteiger partial charge in [-0.15, -0.1) is 0 Å². The Balaban J connectivity index is 0.000000113. The van der Waals surface area contributed by atoms with Crippen molar-refractivity contribution in [2.75, 3.05) is 0 Å². The normalized spacial score (nSPS) is 10.9. The summed E-state index contributed by atoms with van der Waals surface area (Å²) in [6, 6.07) is 135. The van der Waals surface area contributed by atoms with E-state index in [1.54, 1.807) is 31.0 Å². The van der Waals surface area contributed by atoms with Gasteiger partial charge < -0.3 is 0 Å². The number of benzene rings is 15. The Bertz CT molecular complexity index is 7110. The van der Waals surface area contributed by atoms with E-state index >= 15 is 0 Å². The highest BCUT2D eigenvalue weighted by atomic mass is 15.1. The van der Waals surface area contributed by atoms with Gasteiger partial charge in [-0.05, 0) is 168 Å². The zero-order chi connectivity index (χ0) is 87.9. The van der Waals surface area contributed by atoms with Gasteiger partial charge in [0.15, 0.2) is 46.6 Å². The molecule has 0 radical (unpaired) electrons. The molecular weight excluding hydrogens is 1590 g/mol. The van der Waals surface area contributed by atoms with Crippen molar-refractivity contribution in [3.8, 4) is 169 Å². The lowest BCUT2D eigenvalue weighted by atomic mass is 9.97. The number of aryl methyl sites for hydroxylation is 4. The van der Waals surface area contributed by atoms with E-state index in [4.69, 9.17) is 19.9 Å². The van der Waals surface area contributed by atoms with E-state index in [-0.39, 0.29) is 0 Å². The summed E-state index contributed by atoms with van der Waals surface area (Å²) in [6.07, 6.45) is 10.8. The number of pyridine rings is 3. The Morgan fingerprint density at radius 1 is 0.131 bits per heavy atom. The van der Waals surface area contributed by atoms with E-state index in [2.05, 4.69) is 328 Å². The lowest BCUT2D eigenvalue weighted by Gasteiger charge is -2.10. The van der Waals surface area contributed by atoms with Crippen molar-refractivity contribution in [2.45, 2.75) is 27.7 Å². The molecule has 15 aromatic carbocycles. The maximum Gasteiger partial charge on any atom is 0.163 e. The van der Waals surface area contributed by atoms with Crippen molar-refractivity contribution in [1.82, 2.24) is 74.8 Å². The lowest BCUT2D eigenvalue weighted by Crippen LogP contribution is -1.99. The largest absolute Gasteiger partial charge is 0.265 e. The summed E-state index contributed by atoms with van der Waals surface area (Å²) < 4.78 is 0. The minimum atomic E-state index is 0.669. The minimum absolute atomic E-state index is 0.669. The van der Waals surface area contributed by atoms with Gasteiger partial charge in [-0.3, -0.25) is 15.0 Å². The van der Waals surface area contributed by atoms with E-state index in [0.29, 0.717) is 69.9 Å². The van der Waals surface area contributed by atoms with Gasteiger partial charge in [0.05, 0.1) is 0 Å². The first-order valence-corrected chi connectivity index (χ1v) is 42.9. The van der Waals surface area contributed by atoms with Gasteiger partial charge >= 0.3 is 0 Å². The molecule has 0 atom stereocenters. The van der Waals surface area contributed by atoms with Crippen LogP contribution in [-0.4, -0.2) is 74.8 Å². The van der Waals surface area contributed by atoms with Crippen LogP contribution in [0.1, 0.15) is 23.3 Å². The molecule has 0 aliphatic carbocycles. The van der Waals surface area contributed by atoms with E-state index in [9.17, 15) is 0 Å². The maximum atomic E-state index is 4.86. The summed E-state index contributed by atoms with van der Waals surface area (Å²) >= 11 is 0. The average Bonchev–Trinajstić information content (AvgIpc) is 0.794. The molecule has 618 valence electrons. The minimum Gasteiger partial charge on any atom is -0.265 e. The van der Waals surface area contributed by atoms with Crippen LogP contribution < -0.4 is 0 Å². The number of aromatic nitrogens is 15. The zero-order valence-electron chi connectivity index (χ0n) is 71.7. The maximum absolute atomic E-state index is 4.86. The summed E-state index contributed by atoms with van der Waals surface area (Å²) in [5, 5.41) is 7.47. The van der Waals surface area contributed by atoms with Crippen LogP contribution >= 0.6 is 0 Å². The van der Waals surface area contributed by atoms with Crippen molar-refractivity contribution < 1.29 is 0 Å². The van der Waals surface area contributed by atoms with Crippen molar-refractivity contribution >= 4 is 32.3 Å². The van der Waals surface area contributed by atoms with Gasteiger partial charge in [-0.25, -0.2) is 59.8 Å². The molecule has 0 fully saturated rings. The molecule has 130 heavy (non-hydrogen) atoms. The van der Waals surface area contributed by atoms with Crippen LogP contribution in [0.25, 0.3) is 201 Å². The Morgan fingerprint density at radius 2 is 0.331 bits per heavy atom. The number of hydrogen-bond donors (Lipinski definition) is 0. The first kappa shape index (κ1) is 82.2. The van der Waals surface area contributed by atoms with Gasteiger partial charge in [-0.1, -0.05) is 364 Å². The molecule has 15 heteroatoms. The van der Waals surface area contributed by atoms with Gasteiger partial charge in [0.2, 0.25) is 0 Å². The van der Waals surface area contributed by atoms with Crippen LogP contribution in [0.15, 0.2) is 431 Å². The SMILES string of the molecule is Cc1nc(-c2ccc(-c3cccc4ccccc34)cc2)nc(-c2ccc(-c3cccc4ccccc34)cc2)n1.Cc1nc(-c2ccc(-c3ccccc3)cc2)nc(-c2ccc(-c3cccnc3)cc2)n1.Cc1nc(-c2ccc(-c3ccncc3)cc2)nc(-c2ccc(-c3ccncc3)cc2)n1.Cc1nc(-c2ccccc2)nc(-c2ccc(-c3cccc4ccccc34)cc2)n1. The summed E-state index contributed by atoms with van der Waals surface area (Å²) in [4.78, 5) is 68.0. The third-order valence-electron chi connectivity index (χ3n) is 22.5. The first-order valence-electron chi connectivity index (χ1n) is 42.9. The van der Waals surface area contributed by atoms with Crippen LogP contribution in [0.4, 0.5) is 0 Å². The lowest BCUT2D eigenvalue weighted by molar-refractivity contribution is 0.991. The highest BCUT2D eigenvalue weighted by Gasteiger charge is 2.18. The molecule has 0 amide bonds. The van der Waals surface area contributed by atoms with E-state index < -0.39 is 0 Å². The van der Waals surface area contributed by atoms with Crippen molar-refractivity contribution in [3.63, 3.8) is 0 Å². The van der Waals surface area contributed by atoms with Gasteiger partial charge in [0.1, 0.15) is 23.3 Å². The van der Waals surface area contributed by atoms with Crippen LogP contribution in [0.2, 0.25) is 0 Å². The molecule has 0 saturated carbocycles. The monoisotopic (exact) mass is 1670 g/mol. The van der Waals surface area contributed by atoms with Crippen molar-refractivity contribution in [3.05, 3.63) is 455 Å². The molecule has 0 aliphatic heterocycles. The fourth-order valence-electron chi connectivity index (χ4n) is 15.9. The summed E-state index contributed by atoms with van der Waals surface area (Å²) in [6.45, 7) is 7.62. The molecule has 0 unspecified atom stereocenters. The quantitative estimate of drug-likeness (QED) is 0.0940. The molecule has 0 spiro atoms. The molecular formula is C115H83N15. The highest BCUT2D eigenvalue weighted by Crippen LogP contribution is 2.37. The number of nitrogens with zero attached hydrogens (tertiary/aromatic N) is 15. The molecule has 15 nitrogen and oxygen atoms in total. The summed E-state index contributed by atoms with van der Waals surface area (Å²) in [5.41, 5.74) is 24.0. The third-order valence-corrected chi connectivity index (χ3v) is 22.5. The molecule has 0 aliphatic rings. The molecule has 7 aromatic heterocycles. The molecule has 22 rings (SSSR count). The van der Waals surface area contributed by atoms with Crippen LogP contribution in [0, 0.1) is 27.7 Å².